The zero-order valence-electron chi connectivity index (χ0n) is 11.0. The largest absolute Gasteiger partial charge is 0.444 e. The van der Waals surface area contributed by atoms with Crippen LogP contribution in [0.1, 0.15) is 32.4 Å². The molecule has 0 aromatic heterocycles. The highest BCUT2D eigenvalue weighted by Crippen LogP contribution is 2.26. The molecule has 0 saturated carbocycles. The summed E-state index contributed by atoms with van der Waals surface area (Å²) in [5, 5.41) is 12.6. The Bertz CT molecular complexity index is 460. The minimum Gasteiger partial charge on any atom is -0.444 e. The summed E-state index contributed by atoms with van der Waals surface area (Å²) in [6.45, 7) is 5.09. The Labute approximate surface area is 126 Å². The maximum absolute atomic E-state index is 11.7. The highest BCUT2D eigenvalue weighted by Gasteiger charge is 2.21. The Morgan fingerprint density at radius 1 is 1.53 bits per heavy atom. The number of benzene rings is 1. The van der Waals surface area contributed by atoms with Gasteiger partial charge in [0.05, 0.1) is 12.6 Å². The van der Waals surface area contributed by atoms with Crippen molar-refractivity contribution in [2.24, 2.45) is 0 Å². The monoisotopic (exact) mass is 349 g/mol. The first-order valence-corrected chi connectivity index (χ1v) is 6.95. The molecule has 2 N–H and O–H groups in total. The molecule has 1 aromatic rings. The Kier molecular flexibility index (Phi) is 5.64. The summed E-state index contributed by atoms with van der Waals surface area (Å²) >= 11 is 9.21. The van der Waals surface area contributed by atoms with Crippen molar-refractivity contribution in [3.63, 3.8) is 0 Å². The first-order valence-electron chi connectivity index (χ1n) is 5.78. The molecule has 6 heteroatoms. The number of halogens is 2. The molecule has 0 heterocycles. The van der Waals surface area contributed by atoms with Crippen LogP contribution in [0.15, 0.2) is 22.7 Å². The van der Waals surface area contributed by atoms with Crippen LogP contribution in [-0.4, -0.2) is 23.4 Å². The molecule has 0 radical (unpaired) electrons. The number of hydrogen-bond donors (Lipinski definition) is 2. The van der Waals surface area contributed by atoms with Crippen molar-refractivity contribution in [2.75, 3.05) is 6.61 Å². The standard InChI is InChI=1S/C13H17BrClNO3/c1-13(2,3)19-12(18)16-11(7-17)9-5-4-8(15)6-10(9)14/h4-6,11,17H,7H2,1-3H3,(H,16,18)/t11-/m0/s1. The number of aliphatic hydroxyl groups is 1. The van der Waals surface area contributed by atoms with Gasteiger partial charge in [-0.15, -0.1) is 0 Å². The molecule has 0 spiro atoms. The molecule has 0 aliphatic rings. The predicted octanol–water partition coefficient (Wildman–Crippen LogP) is 3.66. The third kappa shape index (κ3) is 5.38. The van der Waals surface area contributed by atoms with Crippen molar-refractivity contribution >= 4 is 33.6 Å². The Morgan fingerprint density at radius 3 is 2.63 bits per heavy atom. The first-order chi connectivity index (χ1) is 8.73. The van der Waals surface area contributed by atoms with Crippen LogP contribution in [0.4, 0.5) is 4.79 Å². The van der Waals surface area contributed by atoms with Crippen molar-refractivity contribution in [3.05, 3.63) is 33.3 Å². The third-order valence-corrected chi connectivity index (χ3v) is 3.13. The molecular weight excluding hydrogens is 334 g/mol. The highest BCUT2D eigenvalue weighted by molar-refractivity contribution is 9.10. The number of nitrogens with one attached hydrogen (secondary N) is 1. The van der Waals surface area contributed by atoms with Gasteiger partial charge < -0.3 is 15.2 Å². The molecule has 0 aliphatic heterocycles. The lowest BCUT2D eigenvalue weighted by molar-refractivity contribution is 0.0481. The van der Waals surface area contributed by atoms with Crippen molar-refractivity contribution in [1.29, 1.82) is 0 Å². The predicted molar refractivity (Wildman–Crippen MR) is 78.3 cm³/mol. The van der Waals surface area contributed by atoms with Gasteiger partial charge in [-0.2, -0.15) is 0 Å². The lowest BCUT2D eigenvalue weighted by Crippen LogP contribution is -2.36. The maximum atomic E-state index is 11.7. The maximum Gasteiger partial charge on any atom is 0.408 e. The van der Waals surface area contributed by atoms with Gasteiger partial charge in [-0.25, -0.2) is 4.79 Å². The average molecular weight is 351 g/mol. The molecule has 0 fully saturated rings. The van der Waals surface area contributed by atoms with Gasteiger partial charge in [0.1, 0.15) is 5.60 Å². The summed E-state index contributed by atoms with van der Waals surface area (Å²) in [6, 6.07) is 4.59. The van der Waals surface area contributed by atoms with Gasteiger partial charge >= 0.3 is 6.09 Å². The molecule has 106 valence electrons. The lowest BCUT2D eigenvalue weighted by Gasteiger charge is -2.23. The molecule has 0 aliphatic carbocycles. The molecule has 0 unspecified atom stereocenters. The molecule has 1 atom stereocenters. The Hall–Kier alpha value is -0.780. The number of amides is 1. The molecule has 1 amide bonds. The van der Waals surface area contributed by atoms with Gasteiger partial charge in [0.2, 0.25) is 0 Å². The Balaban J connectivity index is 2.81. The van der Waals surface area contributed by atoms with Gasteiger partial charge in [0.25, 0.3) is 0 Å². The van der Waals surface area contributed by atoms with Crippen LogP contribution in [0.25, 0.3) is 0 Å². The second-order valence-electron chi connectivity index (χ2n) is 5.05. The topological polar surface area (TPSA) is 58.6 Å². The number of ether oxygens (including phenoxy) is 1. The van der Waals surface area contributed by atoms with E-state index in [0.717, 1.165) is 10.0 Å². The molecule has 0 bridgehead atoms. The fourth-order valence-electron chi connectivity index (χ4n) is 1.46. The fraction of sp³-hybridized carbons (Fsp3) is 0.462. The number of carbonyl (C=O) groups excluding carboxylic acids is 1. The average Bonchev–Trinajstić information content (AvgIpc) is 2.24. The summed E-state index contributed by atoms with van der Waals surface area (Å²) in [5.74, 6) is 0. The summed E-state index contributed by atoms with van der Waals surface area (Å²) in [4.78, 5) is 11.7. The van der Waals surface area contributed by atoms with Crippen LogP contribution in [0.3, 0.4) is 0 Å². The first kappa shape index (κ1) is 16.3. The minimum atomic E-state index is -0.582. The van der Waals surface area contributed by atoms with Gasteiger partial charge in [-0.3, -0.25) is 0 Å². The minimum absolute atomic E-state index is 0.237. The Morgan fingerprint density at radius 2 is 2.16 bits per heavy atom. The van der Waals surface area contributed by atoms with E-state index in [2.05, 4.69) is 21.2 Å². The number of aliphatic hydroxyl groups excluding tert-OH is 1. The van der Waals surface area contributed by atoms with Gasteiger partial charge in [-0.05, 0) is 38.5 Å². The molecule has 4 nitrogen and oxygen atoms in total. The second-order valence-corrected chi connectivity index (χ2v) is 6.34. The van der Waals surface area contributed by atoms with E-state index in [1.807, 2.05) is 0 Å². The van der Waals surface area contributed by atoms with Crippen LogP contribution in [0.5, 0.6) is 0 Å². The van der Waals surface area contributed by atoms with Crippen LogP contribution < -0.4 is 5.32 Å². The number of hydrogen-bond acceptors (Lipinski definition) is 3. The van der Waals surface area contributed by atoms with E-state index in [4.69, 9.17) is 16.3 Å². The van der Waals surface area contributed by atoms with E-state index in [1.54, 1.807) is 39.0 Å². The molecular formula is C13H17BrClNO3. The van der Waals surface area contributed by atoms with Crippen molar-refractivity contribution in [1.82, 2.24) is 5.32 Å². The van der Waals surface area contributed by atoms with Crippen molar-refractivity contribution in [3.8, 4) is 0 Å². The van der Waals surface area contributed by atoms with E-state index in [1.165, 1.54) is 0 Å². The molecule has 0 saturated heterocycles. The van der Waals surface area contributed by atoms with E-state index >= 15 is 0 Å². The summed E-state index contributed by atoms with van der Waals surface area (Å²) in [6.07, 6.45) is -0.576. The van der Waals surface area contributed by atoms with Gasteiger partial charge in [-0.1, -0.05) is 33.6 Å². The van der Waals surface area contributed by atoms with Crippen molar-refractivity contribution < 1.29 is 14.6 Å². The smallest absolute Gasteiger partial charge is 0.408 e. The summed E-state index contributed by atoms with van der Waals surface area (Å²) < 4.78 is 5.87. The van der Waals surface area contributed by atoms with E-state index in [0.29, 0.717) is 5.02 Å². The SMILES string of the molecule is CC(C)(C)OC(=O)N[C@@H](CO)c1ccc(Cl)cc1Br. The normalized spacial score (nSPS) is 12.9. The third-order valence-electron chi connectivity index (χ3n) is 2.21. The highest BCUT2D eigenvalue weighted by atomic mass is 79.9. The zero-order chi connectivity index (χ0) is 14.6. The van der Waals surface area contributed by atoms with Gasteiger partial charge in [0.15, 0.2) is 0 Å². The van der Waals surface area contributed by atoms with Crippen molar-refractivity contribution in [2.45, 2.75) is 32.4 Å². The molecule has 1 aromatic carbocycles. The quantitative estimate of drug-likeness (QED) is 0.874. The van der Waals surface area contributed by atoms with E-state index in [-0.39, 0.29) is 6.61 Å². The lowest BCUT2D eigenvalue weighted by atomic mass is 10.1. The van der Waals surface area contributed by atoms with Crippen LogP contribution >= 0.6 is 27.5 Å². The zero-order valence-corrected chi connectivity index (χ0v) is 13.4. The molecule has 1 rings (SSSR count). The second kappa shape index (κ2) is 6.59. The van der Waals surface area contributed by atoms with Crippen LogP contribution in [-0.2, 0) is 4.74 Å². The number of carbonyl (C=O) groups is 1. The molecule has 19 heavy (non-hydrogen) atoms. The number of rotatable bonds is 3. The van der Waals surface area contributed by atoms with Crippen LogP contribution in [0, 0.1) is 0 Å². The van der Waals surface area contributed by atoms with Crippen LogP contribution in [0.2, 0.25) is 5.02 Å². The van der Waals surface area contributed by atoms with E-state index < -0.39 is 17.7 Å². The van der Waals surface area contributed by atoms with Gasteiger partial charge in [0, 0.05) is 9.50 Å². The fourth-order valence-corrected chi connectivity index (χ4v) is 2.41. The number of alkyl carbamates (subject to hydrolysis) is 1. The summed E-state index contributed by atoms with van der Waals surface area (Å²) in [5.41, 5.74) is 0.152. The summed E-state index contributed by atoms with van der Waals surface area (Å²) in [7, 11) is 0. The van der Waals surface area contributed by atoms with E-state index in [9.17, 15) is 9.90 Å².